The first-order valence-electron chi connectivity index (χ1n) is 10.4. The number of benzene rings is 2. The van der Waals surface area contributed by atoms with Crippen LogP contribution in [0.15, 0.2) is 53.9 Å². The summed E-state index contributed by atoms with van der Waals surface area (Å²) in [6, 6.07) is 15.6. The second-order valence-corrected chi connectivity index (χ2v) is 8.04. The van der Waals surface area contributed by atoms with E-state index in [-0.39, 0.29) is 5.91 Å². The fourth-order valence-corrected chi connectivity index (χ4v) is 3.86. The van der Waals surface area contributed by atoms with Crippen molar-refractivity contribution in [3.8, 4) is 17.0 Å². The predicted molar refractivity (Wildman–Crippen MR) is 126 cm³/mol. The Bertz CT molecular complexity index is 938. The van der Waals surface area contributed by atoms with Gasteiger partial charge in [0.05, 0.1) is 12.8 Å². The summed E-state index contributed by atoms with van der Waals surface area (Å²) in [5.74, 6) is 0.882. The van der Waals surface area contributed by atoms with Crippen molar-refractivity contribution in [3.63, 3.8) is 0 Å². The van der Waals surface area contributed by atoms with Crippen molar-refractivity contribution in [1.82, 2.24) is 4.98 Å². The van der Waals surface area contributed by atoms with Crippen LogP contribution >= 0.6 is 11.3 Å². The number of nitrogens with zero attached hydrogens (tertiary/aromatic N) is 1. The van der Waals surface area contributed by atoms with Crippen LogP contribution in [0.2, 0.25) is 0 Å². The number of ether oxygens (including phenoxy) is 1. The Balaban J connectivity index is 1.53. The maximum absolute atomic E-state index is 12.1. The first-order valence-corrected chi connectivity index (χ1v) is 11.3. The molecule has 2 aromatic carbocycles. The lowest BCUT2D eigenvalue weighted by Gasteiger charge is -2.06. The summed E-state index contributed by atoms with van der Waals surface area (Å²) in [5, 5.41) is 9.13. The molecule has 0 aliphatic carbocycles. The molecule has 3 rings (SSSR count). The van der Waals surface area contributed by atoms with Crippen molar-refractivity contribution in [1.29, 1.82) is 0 Å². The molecule has 3 aromatic rings. The van der Waals surface area contributed by atoms with E-state index in [1.165, 1.54) is 19.3 Å². The van der Waals surface area contributed by atoms with Crippen LogP contribution in [0.4, 0.5) is 16.5 Å². The average molecular weight is 424 g/mol. The Hall–Kier alpha value is -2.86. The molecular weight excluding hydrogens is 394 g/mol. The van der Waals surface area contributed by atoms with Gasteiger partial charge < -0.3 is 15.4 Å². The van der Waals surface area contributed by atoms with E-state index < -0.39 is 0 Å². The SMILES string of the molecule is CCCCCCCC(=O)Nc1ccc(-c2csc(Nc3cccc(OC)c3)n2)cc1. The molecule has 0 aliphatic rings. The van der Waals surface area contributed by atoms with Crippen LogP contribution in [0.1, 0.15) is 45.4 Å². The Morgan fingerprint density at radius 2 is 1.83 bits per heavy atom. The number of nitrogens with one attached hydrogen (secondary N) is 2. The molecule has 30 heavy (non-hydrogen) atoms. The van der Waals surface area contributed by atoms with Crippen LogP contribution in [-0.2, 0) is 4.79 Å². The van der Waals surface area contributed by atoms with E-state index in [0.717, 1.165) is 46.4 Å². The summed E-state index contributed by atoms with van der Waals surface area (Å²) < 4.78 is 5.26. The van der Waals surface area contributed by atoms with E-state index in [1.54, 1.807) is 18.4 Å². The zero-order valence-corrected chi connectivity index (χ0v) is 18.4. The predicted octanol–water partition coefficient (Wildman–Crippen LogP) is 6.86. The van der Waals surface area contributed by atoms with Crippen LogP contribution in [-0.4, -0.2) is 18.0 Å². The topological polar surface area (TPSA) is 63.2 Å². The van der Waals surface area contributed by atoms with E-state index >= 15 is 0 Å². The van der Waals surface area contributed by atoms with Gasteiger partial charge in [0.2, 0.25) is 5.91 Å². The molecule has 0 fully saturated rings. The molecule has 0 bridgehead atoms. The summed E-state index contributed by atoms with van der Waals surface area (Å²) in [4.78, 5) is 16.7. The summed E-state index contributed by atoms with van der Waals surface area (Å²) in [6.07, 6.45) is 6.33. The van der Waals surface area contributed by atoms with E-state index in [0.29, 0.717) is 6.42 Å². The van der Waals surface area contributed by atoms with Crippen LogP contribution in [0.5, 0.6) is 5.75 Å². The van der Waals surface area contributed by atoms with Gasteiger partial charge in [0.25, 0.3) is 0 Å². The molecular formula is C24H29N3O2S. The smallest absolute Gasteiger partial charge is 0.224 e. The molecule has 0 atom stereocenters. The van der Waals surface area contributed by atoms with Crippen molar-refractivity contribution >= 4 is 33.8 Å². The maximum Gasteiger partial charge on any atom is 0.224 e. The molecule has 158 valence electrons. The molecule has 0 saturated heterocycles. The van der Waals surface area contributed by atoms with Gasteiger partial charge in [-0.1, -0.05) is 50.8 Å². The van der Waals surface area contributed by atoms with Gasteiger partial charge in [-0.05, 0) is 30.7 Å². The minimum absolute atomic E-state index is 0.0812. The van der Waals surface area contributed by atoms with Crippen molar-refractivity contribution in [2.24, 2.45) is 0 Å². The second-order valence-electron chi connectivity index (χ2n) is 7.18. The summed E-state index contributed by atoms with van der Waals surface area (Å²) in [7, 11) is 1.65. The standard InChI is InChI=1S/C24H29N3O2S/c1-3-4-5-6-7-11-23(28)25-19-14-12-18(13-15-19)22-17-30-24(27-22)26-20-9-8-10-21(16-20)29-2/h8-10,12-17H,3-7,11H2,1-2H3,(H,25,28)(H,26,27). The van der Waals surface area contributed by atoms with Crippen molar-refractivity contribution in [2.45, 2.75) is 45.4 Å². The lowest BCUT2D eigenvalue weighted by Crippen LogP contribution is -2.10. The molecule has 5 nitrogen and oxygen atoms in total. The molecule has 0 unspecified atom stereocenters. The molecule has 0 radical (unpaired) electrons. The normalized spacial score (nSPS) is 10.6. The number of carbonyl (C=O) groups is 1. The number of thiazole rings is 1. The monoisotopic (exact) mass is 423 g/mol. The Morgan fingerprint density at radius 3 is 2.60 bits per heavy atom. The third-order valence-electron chi connectivity index (χ3n) is 4.80. The van der Waals surface area contributed by atoms with Gasteiger partial charge in [0.15, 0.2) is 5.13 Å². The van der Waals surface area contributed by atoms with Crippen molar-refractivity contribution in [3.05, 3.63) is 53.9 Å². The van der Waals surface area contributed by atoms with E-state index in [4.69, 9.17) is 4.74 Å². The number of aromatic nitrogens is 1. The highest BCUT2D eigenvalue weighted by Crippen LogP contribution is 2.29. The highest BCUT2D eigenvalue weighted by atomic mass is 32.1. The van der Waals surface area contributed by atoms with Crippen LogP contribution in [0, 0.1) is 0 Å². The highest BCUT2D eigenvalue weighted by Gasteiger charge is 2.07. The fraction of sp³-hybridized carbons (Fsp3) is 0.333. The number of hydrogen-bond donors (Lipinski definition) is 2. The number of amides is 1. The number of carbonyl (C=O) groups excluding carboxylic acids is 1. The third-order valence-corrected chi connectivity index (χ3v) is 5.55. The minimum atomic E-state index is 0.0812. The highest BCUT2D eigenvalue weighted by molar-refractivity contribution is 7.14. The fourth-order valence-electron chi connectivity index (χ4n) is 3.12. The van der Waals surface area contributed by atoms with Crippen LogP contribution < -0.4 is 15.4 Å². The number of methoxy groups -OCH3 is 1. The van der Waals surface area contributed by atoms with E-state index in [9.17, 15) is 4.79 Å². The first kappa shape index (κ1) is 21.8. The molecule has 1 amide bonds. The lowest BCUT2D eigenvalue weighted by molar-refractivity contribution is -0.116. The van der Waals surface area contributed by atoms with E-state index in [1.807, 2.05) is 53.9 Å². The number of anilines is 3. The largest absolute Gasteiger partial charge is 0.497 e. The molecule has 2 N–H and O–H groups in total. The van der Waals surface area contributed by atoms with Gasteiger partial charge in [0, 0.05) is 34.8 Å². The average Bonchev–Trinajstić information content (AvgIpc) is 3.22. The molecule has 6 heteroatoms. The number of rotatable bonds is 11. The number of hydrogen-bond acceptors (Lipinski definition) is 5. The van der Waals surface area contributed by atoms with Gasteiger partial charge in [-0.3, -0.25) is 4.79 Å². The molecule has 1 aromatic heterocycles. The summed E-state index contributed by atoms with van der Waals surface area (Å²) >= 11 is 1.55. The van der Waals surface area contributed by atoms with Gasteiger partial charge in [-0.15, -0.1) is 11.3 Å². The van der Waals surface area contributed by atoms with Crippen molar-refractivity contribution < 1.29 is 9.53 Å². The zero-order valence-electron chi connectivity index (χ0n) is 17.6. The van der Waals surface area contributed by atoms with Crippen molar-refractivity contribution in [2.75, 3.05) is 17.7 Å². The lowest BCUT2D eigenvalue weighted by atomic mass is 10.1. The second kappa shape index (κ2) is 11.4. The molecule has 0 saturated carbocycles. The van der Waals surface area contributed by atoms with Gasteiger partial charge in [-0.25, -0.2) is 4.98 Å². The third kappa shape index (κ3) is 6.59. The molecule has 0 spiro atoms. The Morgan fingerprint density at radius 1 is 1.03 bits per heavy atom. The van der Waals surface area contributed by atoms with E-state index in [2.05, 4.69) is 22.5 Å². The summed E-state index contributed by atoms with van der Waals surface area (Å²) in [5.41, 5.74) is 3.67. The Labute approximate surface area is 182 Å². The maximum atomic E-state index is 12.1. The van der Waals surface area contributed by atoms with Gasteiger partial charge in [0.1, 0.15) is 5.75 Å². The molecule has 1 heterocycles. The number of unbranched alkanes of at least 4 members (excludes halogenated alkanes) is 4. The van der Waals surface area contributed by atoms with Crippen LogP contribution in [0.25, 0.3) is 11.3 Å². The quantitative estimate of drug-likeness (QED) is 0.331. The zero-order chi connectivity index (χ0) is 21.2. The summed E-state index contributed by atoms with van der Waals surface area (Å²) in [6.45, 7) is 2.19. The Kier molecular flexibility index (Phi) is 8.27. The first-order chi connectivity index (χ1) is 14.7. The van der Waals surface area contributed by atoms with Crippen LogP contribution in [0.3, 0.4) is 0 Å². The van der Waals surface area contributed by atoms with Gasteiger partial charge in [-0.2, -0.15) is 0 Å². The minimum Gasteiger partial charge on any atom is -0.497 e. The van der Waals surface area contributed by atoms with Gasteiger partial charge >= 0.3 is 0 Å². The molecule has 0 aliphatic heterocycles.